The van der Waals surface area contributed by atoms with E-state index in [0.29, 0.717) is 17.5 Å². The molecule has 1 aromatic heterocycles. The number of hydrogen-bond donors (Lipinski definition) is 0. The number of ether oxygens (including phenoxy) is 1. The molecule has 1 aromatic carbocycles. The second kappa shape index (κ2) is 6.26. The standard InChI is InChI=1S/C14H14ClNO/c15-14-13(9-4-10-16-14)17-11-5-8-12-6-2-1-3-7-12/h1-4,6-7,9-10H,5,8,11H2. The van der Waals surface area contributed by atoms with Crippen molar-refractivity contribution in [3.05, 3.63) is 59.4 Å². The molecule has 88 valence electrons. The Morgan fingerprint density at radius 2 is 1.88 bits per heavy atom. The van der Waals surface area contributed by atoms with Gasteiger partial charge in [-0.1, -0.05) is 41.9 Å². The summed E-state index contributed by atoms with van der Waals surface area (Å²) < 4.78 is 5.56. The van der Waals surface area contributed by atoms with Crippen LogP contribution in [0.25, 0.3) is 0 Å². The largest absolute Gasteiger partial charge is 0.490 e. The van der Waals surface area contributed by atoms with Gasteiger partial charge in [0.05, 0.1) is 6.61 Å². The summed E-state index contributed by atoms with van der Waals surface area (Å²) in [6.45, 7) is 0.653. The summed E-state index contributed by atoms with van der Waals surface area (Å²) in [7, 11) is 0. The number of halogens is 1. The Morgan fingerprint density at radius 1 is 1.06 bits per heavy atom. The summed E-state index contributed by atoms with van der Waals surface area (Å²) >= 11 is 5.88. The molecule has 0 aliphatic carbocycles. The van der Waals surface area contributed by atoms with E-state index in [9.17, 15) is 0 Å². The van der Waals surface area contributed by atoms with Crippen LogP contribution in [0.4, 0.5) is 0 Å². The van der Waals surface area contributed by atoms with Crippen LogP contribution in [0.1, 0.15) is 12.0 Å². The zero-order valence-electron chi connectivity index (χ0n) is 9.47. The fourth-order valence-corrected chi connectivity index (χ4v) is 1.76. The minimum atomic E-state index is 0.423. The van der Waals surface area contributed by atoms with Crippen LogP contribution < -0.4 is 4.74 Å². The lowest BCUT2D eigenvalue weighted by Gasteiger charge is -2.06. The summed E-state index contributed by atoms with van der Waals surface area (Å²) in [4.78, 5) is 3.96. The maximum Gasteiger partial charge on any atom is 0.171 e. The lowest BCUT2D eigenvalue weighted by molar-refractivity contribution is 0.310. The Hall–Kier alpha value is -1.54. The molecule has 1 heterocycles. The van der Waals surface area contributed by atoms with Gasteiger partial charge in [0.1, 0.15) is 0 Å². The molecule has 0 radical (unpaired) electrons. The van der Waals surface area contributed by atoms with E-state index >= 15 is 0 Å². The van der Waals surface area contributed by atoms with E-state index in [4.69, 9.17) is 16.3 Å². The smallest absolute Gasteiger partial charge is 0.171 e. The summed E-state index contributed by atoms with van der Waals surface area (Å²) in [5, 5.41) is 0.423. The monoisotopic (exact) mass is 247 g/mol. The van der Waals surface area contributed by atoms with Crippen LogP contribution in [0.15, 0.2) is 48.7 Å². The topological polar surface area (TPSA) is 22.1 Å². The van der Waals surface area contributed by atoms with Gasteiger partial charge in [-0.05, 0) is 30.5 Å². The van der Waals surface area contributed by atoms with Gasteiger partial charge in [0.2, 0.25) is 0 Å². The van der Waals surface area contributed by atoms with Crippen molar-refractivity contribution in [2.24, 2.45) is 0 Å². The Morgan fingerprint density at radius 3 is 2.65 bits per heavy atom. The van der Waals surface area contributed by atoms with Crippen molar-refractivity contribution in [2.45, 2.75) is 12.8 Å². The molecule has 0 unspecified atom stereocenters. The van der Waals surface area contributed by atoms with E-state index in [0.717, 1.165) is 12.8 Å². The molecule has 0 aliphatic heterocycles. The van der Waals surface area contributed by atoms with Crippen molar-refractivity contribution in [1.82, 2.24) is 4.98 Å². The van der Waals surface area contributed by atoms with Crippen molar-refractivity contribution < 1.29 is 4.74 Å². The molecule has 0 aliphatic rings. The van der Waals surface area contributed by atoms with Gasteiger partial charge >= 0.3 is 0 Å². The number of pyridine rings is 1. The number of benzene rings is 1. The van der Waals surface area contributed by atoms with Gasteiger partial charge in [-0.3, -0.25) is 0 Å². The van der Waals surface area contributed by atoms with Crippen molar-refractivity contribution in [2.75, 3.05) is 6.61 Å². The van der Waals surface area contributed by atoms with Crippen molar-refractivity contribution in [1.29, 1.82) is 0 Å². The molecular weight excluding hydrogens is 234 g/mol. The molecule has 2 aromatic rings. The molecule has 0 atom stereocenters. The fraction of sp³-hybridized carbons (Fsp3) is 0.214. The number of aryl methyl sites for hydroxylation is 1. The quantitative estimate of drug-likeness (QED) is 0.593. The highest BCUT2D eigenvalue weighted by Gasteiger charge is 2.00. The Bertz CT molecular complexity index is 459. The number of aromatic nitrogens is 1. The van der Waals surface area contributed by atoms with Crippen LogP contribution in [0.5, 0.6) is 5.75 Å². The highest BCUT2D eigenvalue weighted by Crippen LogP contribution is 2.20. The van der Waals surface area contributed by atoms with Crippen LogP contribution in [-0.4, -0.2) is 11.6 Å². The van der Waals surface area contributed by atoms with E-state index in [1.54, 1.807) is 6.20 Å². The van der Waals surface area contributed by atoms with Gasteiger partial charge in [0, 0.05) is 6.20 Å². The van der Waals surface area contributed by atoms with Gasteiger partial charge in [-0.15, -0.1) is 0 Å². The molecule has 2 nitrogen and oxygen atoms in total. The third kappa shape index (κ3) is 3.75. The molecule has 3 heteroatoms. The first-order chi connectivity index (χ1) is 8.36. The van der Waals surface area contributed by atoms with Crippen LogP contribution in [0.2, 0.25) is 5.15 Å². The van der Waals surface area contributed by atoms with E-state index < -0.39 is 0 Å². The summed E-state index contributed by atoms with van der Waals surface area (Å²) in [6, 6.07) is 14.0. The second-order valence-electron chi connectivity index (χ2n) is 3.73. The SMILES string of the molecule is Clc1ncccc1OCCCc1ccccc1. The average Bonchev–Trinajstić information content (AvgIpc) is 2.38. The van der Waals surface area contributed by atoms with Gasteiger partial charge in [0.15, 0.2) is 10.9 Å². The van der Waals surface area contributed by atoms with Crippen molar-refractivity contribution in [3.8, 4) is 5.75 Å². The maximum atomic E-state index is 5.88. The second-order valence-corrected chi connectivity index (χ2v) is 4.09. The first kappa shape index (κ1) is 11.9. The minimum Gasteiger partial charge on any atom is -0.490 e. The third-order valence-corrected chi connectivity index (χ3v) is 2.72. The maximum absolute atomic E-state index is 5.88. The molecule has 0 amide bonds. The van der Waals surface area contributed by atoms with Crippen LogP contribution in [0, 0.1) is 0 Å². The van der Waals surface area contributed by atoms with E-state index in [2.05, 4.69) is 17.1 Å². The van der Waals surface area contributed by atoms with Gasteiger partial charge in [0.25, 0.3) is 0 Å². The van der Waals surface area contributed by atoms with E-state index in [1.165, 1.54) is 5.56 Å². The summed E-state index contributed by atoms with van der Waals surface area (Å²) in [5.41, 5.74) is 1.33. The lowest BCUT2D eigenvalue weighted by Crippen LogP contribution is -2.00. The average molecular weight is 248 g/mol. The van der Waals surface area contributed by atoms with Gasteiger partial charge in [-0.25, -0.2) is 4.98 Å². The Kier molecular flexibility index (Phi) is 4.39. The molecule has 0 saturated carbocycles. The molecule has 0 N–H and O–H groups in total. The zero-order valence-corrected chi connectivity index (χ0v) is 10.2. The number of rotatable bonds is 5. The Labute approximate surface area is 106 Å². The van der Waals surface area contributed by atoms with Crippen LogP contribution in [0.3, 0.4) is 0 Å². The number of hydrogen-bond acceptors (Lipinski definition) is 2. The normalized spacial score (nSPS) is 10.2. The third-order valence-electron chi connectivity index (χ3n) is 2.44. The molecule has 2 rings (SSSR count). The van der Waals surface area contributed by atoms with Crippen molar-refractivity contribution in [3.63, 3.8) is 0 Å². The molecule has 0 fully saturated rings. The summed E-state index contributed by atoms with van der Waals surface area (Å²) in [6.07, 6.45) is 3.63. The highest BCUT2D eigenvalue weighted by molar-refractivity contribution is 6.30. The summed E-state index contributed by atoms with van der Waals surface area (Å²) in [5.74, 6) is 0.655. The van der Waals surface area contributed by atoms with E-state index in [-0.39, 0.29) is 0 Å². The predicted octanol–water partition coefficient (Wildman–Crippen LogP) is 3.75. The van der Waals surface area contributed by atoms with Crippen LogP contribution in [-0.2, 0) is 6.42 Å². The van der Waals surface area contributed by atoms with Crippen molar-refractivity contribution >= 4 is 11.6 Å². The first-order valence-electron chi connectivity index (χ1n) is 5.63. The molecule has 17 heavy (non-hydrogen) atoms. The first-order valence-corrected chi connectivity index (χ1v) is 6.01. The lowest BCUT2D eigenvalue weighted by atomic mass is 10.1. The minimum absolute atomic E-state index is 0.423. The van der Waals surface area contributed by atoms with Gasteiger partial charge in [-0.2, -0.15) is 0 Å². The predicted molar refractivity (Wildman–Crippen MR) is 69.5 cm³/mol. The zero-order chi connectivity index (χ0) is 11.9. The van der Waals surface area contributed by atoms with Gasteiger partial charge < -0.3 is 4.74 Å². The molecule has 0 bridgehead atoms. The van der Waals surface area contributed by atoms with E-state index in [1.807, 2.05) is 30.3 Å². The molecule has 0 saturated heterocycles. The fourth-order valence-electron chi connectivity index (χ4n) is 1.58. The highest BCUT2D eigenvalue weighted by atomic mass is 35.5. The Balaban J connectivity index is 1.76. The number of nitrogens with zero attached hydrogens (tertiary/aromatic N) is 1. The molecular formula is C14H14ClNO. The molecule has 0 spiro atoms. The van der Waals surface area contributed by atoms with Crippen LogP contribution >= 0.6 is 11.6 Å².